The smallest absolute Gasteiger partial charge is 0.330 e. The van der Waals surface area contributed by atoms with Gasteiger partial charge in [0.15, 0.2) is 0 Å². The lowest BCUT2D eigenvalue weighted by Crippen LogP contribution is -1.95. The van der Waals surface area contributed by atoms with Gasteiger partial charge in [0.25, 0.3) is 0 Å². The molecule has 0 heterocycles. The minimum absolute atomic E-state index is 0.367. The maximum absolute atomic E-state index is 10.6. The van der Waals surface area contributed by atoms with E-state index in [2.05, 4.69) is 4.74 Å². The Hall–Kier alpha value is -1.12. The summed E-state index contributed by atoms with van der Waals surface area (Å²) >= 11 is 0. The fourth-order valence-corrected chi connectivity index (χ4v) is 0.619. The second-order valence-electron chi connectivity index (χ2n) is 2.22. The quantitative estimate of drug-likeness (QED) is 0.347. The van der Waals surface area contributed by atoms with Gasteiger partial charge in [0.05, 0.1) is 7.11 Å². The fourth-order valence-electron chi connectivity index (χ4n) is 0.619. The zero-order chi connectivity index (χ0) is 8.69. The largest absolute Gasteiger partial charge is 0.466 e. The number of hydrogen-bond acceptors (Lipinski definition) is 3. The van der Waals surface area contributed by atoms with Gasteiger partial charge in [0.1, 0.15) is 6.29 Å². The van der Waals surface area contributed by atoms with E-state index in [1.54, 1.807) is 6.92 Å². The van der Waals surface area contributed by atoms with Gasteiger partial charge in [-0.05, 0) is 13.3 Å². The highest BCUT2D eigenvalue weighted by molar-refractivity contribution is 5.82. The first-order chi connectivity index (χ1) is 5.20. The first-order valence-electron chi connectivity index (χ1n) is 3.39. The van der Waals surface area contributed by atoms with E-state index in [9.17, 15) is 9.59 Å². The Labute approximate surface area is 66.0 Å². The summed E-state index contributed by atoms with van der Waals surface area (Å²) < 4.78 is 4.40. The molecule has 3 nitrogen and oxygen atoms in total. The number of carbonyl (C=O) groups is 2. The van der Waals surface area contributed by atoms with Crippen LogP contribution in [0.1, 0.15) is 19.8 Å². The molecule has 0 bridgehead atoms. The maximum Gasteiger partial charge on any atom is 0.330 e. The molecule has 0 saturated carbocycles. The van der Waals surface area contributed by atoms with Crippen LogP contribution >= 0.6 is 0 Å². The lowest BCUT2D eigenvalue weighted by atomic mass is 10.2. The molecule has 3 heteroatoms. The summed E-state index contributed by atoms with van der Waals surface area (Å²) in [6, 6.07) is 0. The van der Waals surface area contributed by atoms with E-state index in [0.29, 0.717) is 12.8 Å². The average molecular weight is 156 g/mol. The van der Waals surface area contributed by atoms with Gasteiger partial charge in [-0.25, -0.2) is 4.79 Å². The van der Waals surface area contributed by atoms with E-state index in [1.807, 2.05) is 0 Å². The molecule has 0 unspecified atom stereocenters. The lowest BCUT2D eigenvalue weighted by Gasteiger charge is -1.95. The summed E-state index contributed by atoms with van der Waals surface area (Å²) in [4.78, 5) is 20.5. The van der Waals surface area contributed by atoms with E-state index in [-0.39, 0.29) is 5.97 Å². The van der Waals surface area contributed by atoms with Gasteiger partial charge < -0.3 is 9.53 Å². The zero-order valence-corrected chi connectivity index (χ0v) is 6.79. The van der Waals surface area contributed by atoms with E-state index in [0.717, 1.165) is 11.9 Å². The standard InChI is InChI=1S/C8H12O3/c1-7(4-3-5-9)6-8(10)11-2/h5-6H,3-4H2,1-2H3. The van der Waals surface area contributed by atoms with E-state index < -0.39 is 0 Å². The van der Waals surface area contributed by atoms with Gasteiger partial charge >= 0.3 is 5.97 Å². The molecule has 0 aromatic heterocycles. The van der Waals surface area contributed by atoms with E-state index >= 15 is 0 Å². The van der Waals surface area contributed by atoms with Crippen LogP contribution in [0.3, 0.4) is 0 Å². The molecule has 0 aliphatic rings. The highest BCUT2D eigenvalue weighted by Gasteiger charge is 1.95. The van der Waals surface area contributed by atoms with Gasteiger partial charge in [0, 0.05) is 12.5 Å². The molecule has 0 atom stereocenters. The molecule has 0 rings (SSSR count). The molecule has 0 aliphatic heterocycles. The maximum atomic E-state index is 10.6. The van der Waals surface area contributed by atoms with Crippen LogP contribution < -0.4 is 0 Å². The zero-order valence-electron chi connectivity index (χ0n) is 6.79. The minimum Gasteiger partial charge on any atom is -0.466 e. The molecule has 0 aromatic rings. The van der Waals surface area contributed by atoms with Crippen molar-refractivity contribution < 1.29 is 14.3 Å². The fraction of sp³-hybridized carbons (Fsp3) is 0.500. The molecule has 0 fully saturated rings. The Kier molecular flexibility index (Phi) is 5.07. The highest BCUT2D eigenvalue weighted by atomic mass is 16.5. The van der Waals surface area contributed by atoms with Gasteiger partial charge in [-0.1, -0.05) is 5.57 Å². The Morgan fingerprint density at radius 3 is 2.64 bits per heavy atom. The SMILES string of the molecule is COC(=O)C=C(C)CCC=O. The predicted molar refractivity (Wildman–Crippen MR) is 41.1 cm³/mol. The number of hydrogen-bond donors (Lipinski definition) is 0. The lowest BCUT2D eigenvalue weighted by molar-refractivity contribution is -0.134. The Morgan fingerprint density at radius 2 is 2.18 bits per heavy atom. The van der Waals surface area contributed by atoms with Crippen LogP contribution in [0, 0.1) is 0 Å². The summed E-state index contributed by atoms with van der Waals surface area (Å²) in [6.07, 6.45) is 3.30. The summed E-state index contributed by atoms with van der Waals surface area (Å²) in [5.74, 6) is -0.367. The third-order valence-electron chi connectivity index (χ3n) is 1.22. The highest BCUT2D eigenvalue weighted by Crippen LogP contribution is 2.01. The van der Waals surface area contributed by atoms with Gasteiger partial charge in [-0.3, -0.25) is 0 Å². The summed E-state index contributed by atoms with van der Waals surface area (Å²) in [7, 11) is 1.33. The van der Waals surface area contributed by atoms with Gasteiger partial charge in [0.2, 0.25) is 0 Å². The topological polar surface area (TPSA) is 43.4 Å². The number of esters is 1. The third kappa shape index (κ3) is 5.33. The van der Waals surface area contributed by atoms with Crippen LogP contribution in [0.25, 0.3) is 0 Å². The van der Waals surface area contributed by atoms with Crippen molar-refractivity contribution in [1.82, 2.24) is 0 Å². The van der Waals surface area contributed by atoms with Crippen LogP contribution in [0.15, 0.2) is 11.6 Å². The van der Waals surface area contributed by atoms with Crippen LogP contribution in [-0.2, 0) is 14.3 Å². The first kappa shape index (κ1) is 9.88. The number of rotatable bonds is 4. The van der Waals surface area contributed by atoms with Crippen LogP contribution in [-0.4, -0.2) is 19.4 Å². The van der Waals surface area contributed by atoms with Crippen LogP contribution in [0.4, 0.5) is 0 Å². The van der Waals surface area contributed by atoms with E-state index in [1.165, 1.54) is 13.2 Å². The number of carbonyl (C=O) groups excluding carboxylic acids is 2. The van der Waals surface area contributed by atoms with Crippen molar-refractivity contribution in [3.63, 3.8) is 0 Å². The van der Waals surface area contributed by atoms with Crippen LogP contribution in [0.2, 0.25) is 0 Å². The third-order valence-corrected chi connectivity index (χ3v) is 1.22. The number of ether oxygens (including phenoxy) is 1. The first-order valence-corrected chi connectivity index (χ1v) is 3.39. The monoisotopic (exact) mass is 156 g/mol. The van der Waals surface area contributed by atoms with Crippen molar-refractivity contribution in [3.05, 3.63) is 11.6 Å². The Bertz CT molecular complexity index is 170. The second kappa shape index (κ2) is 5.65. The van der Waals surface area contributed by atoms with Crippen molar-refractivity contribution in [2.45, 2.75) is 19.8 Å². The van der Waals surface area contributed by atoms with Crippen molar-refractivity contribution in [2.24, 2.45) is 0 Å². The molecule has 0 aromatic carbocycles. The van der Waals surface area contributed by atoms with Crippen molar-refractivity contribution in [1.29, 1.82) is 0 Å². The van der Waals surface area contributed by atoms with Crippen molar-refractivity contribution >= 4 is 12.3 Å². The van der Waals surface area contributed by atoms with Crippen molar-refractivity contribution in [3.8, 4) is 0 Å². The van der Waals surface area contributed by atoms with Gasteiger partial charge in [-0.2, -0.15) is 0 Å². The molecule has 0 aliphatic carbocycles. The van der Waals surface area contributed by atoms with E-state index in [4.69, 9.17) is 0 Å². The molecule has 0 amide bonds. The van der Waals surface area contributed by atoms with Crippen LogP contribution in [0.5, 0.6) is 0 Å². The molecule has 0 radical (unpaired) electrons. The Balaban J connectivity index is 3.79. The molecule has 0 saturated heterocycles. The van der Waals surface area contributed by atoms with Crippen molar-refractivity contribution in [2.75, 3.05) is 7.11 Å². The predicted octanol–water partition coefficient (Wildman–Crippen LogP) is 1.08. The molecule has 11 heavy (non-hydrogen) atoms. The molecular formula is C8H12O3. The molecular weight excluding hydrogens is 144 g/mol. The minimum atomic E-state index is -0.367. The summed E-state index contributed by atoms with van der Waals surface area (Å²) in [5.41, 5.74) is 0.865. The Morgan fingerprint density at radius 1 is 1.55 bits per heavy atom. The molecule has 0 spiro atoms. The van der Waals surface area contributed by atoms with Gasteiger partial charge in [-0.15, -0.1) is 0 Å². The summed E-state index contributed by atoms with van der Waals surface area (Å²) in [6.45, 7) is 1.79. The normalized spacial score (nSPS) is 10.9. The number of allylic oxidation sites excluding steroid dienone is 1. The summed E-state index contributed by atoms with van der Waals surface area (Å²) in [5, 5.41) is 0. The molecule has 62 valence electrons. The molecule has 0 N–H and O–H groups in total. The second-order valence-corrected chi connectivity index (χ2v) is 2.22. The average Bonchev–Trinajstić information content (AvgIpc) is 2.00. The number of aldehydes is 1. The number of methoxy groups -OCH3 is 1.